The van der Waals surface area contributed by atoms with Crippen LogP contribution in [0.5, 0.6) is 0 Å². The van der Waals surface area contributed by atoms with E-state index in [1.54, 1.807) is 6.20 Å². The fourth-order valence-electron chi connectivity index (χ4n) is 21.5. The summed E-state index contributed by atoms with van der Waals surface area (Å²) in [5.74, 6) is 0. The number of nitrogens with zero attached hydrogens (tertiary/aromatic N) is 9. The van der Waals surface area contributed by atoms with E-state index in [2.05, 4.69) is 397 Å². The number of aromatic nitrogens is 9. The minimum absolute atomic E-state index is 0.934. The first-order valence-electron chi connectivity index (χ1n) is 46.0. The highest BCUT2D eigenvalue weighted by Crippen LogP contribution is 2.49. The lowest BCUT2D eigenvalue weighted by molar-refractivity contribution is 1.32. The number of benzene rings is 20. The minimum Gasteiger partial charge on any atom is -0.264 e. The highest BCUT2D eigenvalue weighted by atomic mass is 14.8. The Bertz CT molecular complexity index is 9870. The van der Waals surface area contributed by atoms with E-state index in [0.29, 0.717) is 0 Å². The zero-order valence-electron chi connectivity index (χ0n) is 73.3. The highest BCUT2D eigenvalue weighted by Gasteiger charge is 2.26. The monoisotopic (exact) mass is 1730 g/mol. The van der Waals surface area contributed by atoms with Crippen LogP contribution in [-0.4, -0.2) is 44.9 Å². The van der Waals surface area contributed by atoms with E-state index in [1.165, 1.54) is 91.9 Å². The van der Waals surface area contributed by atoms with Crippen molar-refractivity contribution in [2.24, 2.45) is 0 Å². The summed E-state index contributed by atoms with van der Waals surface area (Å²) in [6.45, 7) is 0. The maximum atomic E-state index is 5.61. The van der Waals surface area contributed by atoms with Crippen LogP contribution in [0.1, 0.15) is 0 Å². The Morgan fingerprint density at radius 3 is 0.757 bits per heavy atom. The van der Waals surface area contributed by atoms with Crippen LogP contribution in [-0.2, 0) is 0 Å². The van der Waals surface area contributed by atoms with Crippen LogP contribution >= 0.6 is 0 Å². The number of hydrogen-bond acceptors (Lipinski definition) is 9. The van der Waals surface area contributed by atoms with Gasteiger partial charge in [0.1, 0.15) is 0 Å². The quantitative estimate of drug-likeness (QED) is 0.137. The Labute approximate surface area is 779 Å². The molecule has 0 saturated carbocycles. The second-order valence-corrected chi connectivity index (χ2v) is 35.3. The summed E-state index contributed by atoms with van der Waals surface area (Å²) in [6.07, 6.45) is 17.2. The van der Waals surface area contributed by atoms with Gasteiger partial charge in [-0.2, -0.15) is 0 Å². The fourth-order valence-corrected chi connectivity index (χ4v) is 21.5. The molecule has 0 aliphatic carbocycles. The summed E-state index contributed by atoms with van der Waals surface area (Å²) >= 11 is 0. The molecule has 0 aliphatic heterocycles. The first kappa shape index (κ1) is 77.6. The molecule has 29 rings (SSSR count). The summed E-state index contributed by atoms with van der Waals surface area (Å²) in [7, 11) is 0. The lowest BCUT2D eigenvalue weighted by Gasteiger charge is -2.17. The second-order valence-electron chi connectivity index (χ2n) is 35.3. The molecule has 20 aromatic carbocycles. The third kappa shape index (κ3) is 12.7. The molecule has 628 valence electrons. The fraction of sp³-hybridized carbons (Fsp3) is 0. The number of fused-ring (bicyclic) bond motifs is 30. The van der Waals surface area contributed by atoms with E-state index in [0.717, 1.165) is 192 Å². The first-order chi connectivity index (χ1) is 67.5. The molecule has 0 atom stereocenters. The van der Waals surface area contributed by atoms with Crippen LogP contribution in [0.2, 0.25) is 0 Å². The van der Waals surface area contributed by atoms with Gasteiger partial charge in [-0.25, -0.2) is 15.0 Å². The average Bonchev–Trinajstić information content (AvgIpc) is 0.727. The van der Waals surface area contributed by atoms with Gasteiger partial charge in [0.2, 0.25) is 0 Å². The molecule has 9 heterocycles. The molecule has 9 heteroatoms. The number of hydrogen-bond donors (Lipinski definition) is 0. The van der Waals surface area contributed by atoms with Crippen LogP contribution in [0, 0.1) is 0 Å². The van der Waals surface area contributed by atoms with Crippen LogP contribution in [0.15, 0.2) is 456 Å². The van der Waals surface area contributed by atoms with Crippen molar-refractivity contribution in [2.45, 2.75) is 0 Å². The molecule has 29 aromatic rings. The van der Waals surface area contributed by atoms with E-state index >= 15 is 0 Å². The van der Waals surface area contributed by atoms with Gasteiger partial charge in [-0.1, -0.05) is 346 Å². The topological polar surface area (TPSA) is 116 Å². The molecular weight excluding hydrogens is 1650 g/mol. The van der Waals surface area contributed by atoms with Gasteiger partial charge < -0.3 is 0 Å². The maximum Gasteiger partial charge on any atom is 0.0830 e. The molecule has 0 spiro atoms. The Hall–Kier alpha value is -18.3. The van der Waals surface area contributed by atoms with E-state index in [-0.39, 0.29) is 0 Å². The summed E-state index contributed by atoms with van der Waals surface area (Å²) in [6, 6.07) is 143. The molecule has 0 bridgehead atoms. The third-order valence-corrected chi connectivity index (χ3v) is 27.7. The summed E-state index contributed by atoms with van der Waals surface area (Å²) in [5.41, 5.74) is 23.1. The summed E-state index contributed by atoms with van der Waals surface area (Å²) in [4.78, 5) is 45.2. The van der Waals surface area contributed by atoms with Crippen molar-refractivity contribution in [3.05, 3.63) is 456 Å². The van der Waals surface area contributed by atoms with Crippen molar-refractivity contribution in [3.8, 4) is 89.4 Å². The molecule has 0 amide bonds. The van der Waals surface area contributed by atoms with Gasteiger partial charge in [-0.15, -0.1) is 0 Å². The van der Waals surface area contributed by atoms with Crippen molar-refractivity contribution >= 4 is 195 Å². The van der Waals surface area contributed by atoms with Crippen LogP contribution in [0.3, 0.4) is 0 Å². The van der Waals surface area contributed by atoms with Crippen molar-refractivity contribution in [2.75, 3.05) is 0 Å². The molecule has 0 N–H and O–H groups in total. The van der Waals surface area contributed by atoms with Gasteiger partial charge in [0.15, 0.2) is 0 Å². The van der Waals surface area contributed by atoms with Crippen molar-refractivity contribution < 1.29 is 0 Å². The number of pyridine rings is 9. The van der Waals surface area contributed by atoms with Gasteiger partial charge in [-0.3, -0.25) is 29.9 Å². The lowest BCUT2D eigenvalue weighted by atomic mass is 9.90. The summed E-state index contributed by atoms with van der Waals surface area (Å²) < 4.78 is 0. The van der Waals surface area contributed by atoms with E-state index in [1.807, 2.05) is 67.8 Å². The Kier molecular flexibility index (Phi) is 18.1. The van der Waals surface area contributed by atoms with Crippen molar-refractivity contribution in [3.63, 3.8) is 0 Å². The van der Waals surface area contributed by atoms with Gasteiger partial charge >= 0.3 is 0 Å². The molecule has 0 unspecified atom stereocenters. The molecular formula is C127H75N9. The zero-order chi connectivity index (χ0) is 89.4. The standard InChI is InChI=1S/C46H28N4.C46H26N2.C35H21N3/c1-2-12-37-33(9-1)28-49-46-42(37)44(50-45-41-16-6-4-14-39(41)38-13-3-5-15-40(38)43(45)46)30-19-17-29(18-20-30)34-23-35(31-10-7-21-47-26-31)25-36(24-34)32-11-8-22-48-27-32;1-2-14-35-33(9-1)26-47-46-42(35)44(48-45-39-18-6-4-16-37(39)36-15-3-5-17-38(36)43(45)46)32-13-8-12-29(23-32)34-24-30-21-19-27-10-7-11-28-20-22-31(25-34)41(30)40(27)28;1-2-10-26-25(8-1)21-37-35-31(26)33(23-17-15-22(16-18-23)24-9-7-19-36-20-24)38-34-30-14-6-4-12-28(30)27-11-3-5-13-29(27)32(34)35/h1-28H;1-26H;1-21H. The minimum atomic E-state index is 0.934. The summed E-state index contributed by atoms with van der Waals surface area (Å²) in [5, 5.41) is 35.4. The Morgan fingerprint density at radius 2 is 0.382 bits per heavy atom. The molecule has 136 heavy (non-hydrogen) atoms. The molecule has 0 aliphatic rings. The predicted octanol–water partition coefficient (Wildman–Crippen LogP) is 33.1. The molecule has 0 saturated heterocycles. The number of rotatable bonds is 8. The van der Waals surface area contributed by atoms with Gasteiger partial charge in [0, 0.05) is 148 Å². The first-order valence-corrected chi connectivity index (χ1v) is 46.0. The lowest BCUT2D eigenvalue weighted by Crippen LogP contribution is -1.95. The van der Waals surface area contributed by atoms with E-state index in [4.69, 9.17) is 29.9 Å². The largest absolute Gasteiger partial charge is 0.264 e. The van der Waals surface area contributed by atoms with Crippen LogP contribution in [0.4, 0.5) is 0 Å². The zero-order valence-corrected chi connectivity index (χ0v) is 73.3. The Balaban J connectivity index is 0.000000104. The van der Waals surface area contributed by atoms with Crippen molar-refractivity contribution in [1.29, 1.82) is 0 Å². The van der Waals surface area contributed by atoms with E-state index < -0.39 is 0 Å². The molecule has 9 nitrogen and oxygen atoms in total. The SMILES string of the molecule is c1cc(-c2cc3ccc4cccc5ccc(c2)c3c45)cc(-c2nc3c4ccccc4c4ccccc4c3c3ncc4ccccc4c23)c1.c1cncc(-c2cc(-c3ccc(-c4nc5c6ccccc6c6ccccc6c5c5ncc6ccccc6c45)cc3)cc(-c3cccnc3)c2)c1.c1cncc(-c2ccc(-c3nc4c5ccccc5c5ccccc5c4c4ncc5ccccc5c34)cc2)c1. The van der Waals surface area contributed by atoms with Crippen LogP contribution < -0.4 is 0 Å². The van der Waals surface area contributed by atoms with E-state index in [9.17, 15) is 0 Å². The highest BCUT2D eigenvalue weighted by molar-refractivity contribution is 6.37. The van der Waals surface area contributed by atoms with Crippen LogP contribution in [0.25, 0.3) is 284 Å². The Morgan fingerprint density at radius 1 is 0.125 bits per heavy atom. The molecule has 9 aromatic heterocycles. The second kappa shape index (κ2) is 31.8. The maximum absolute atomic E-state index is 5.61. The molecule has 0 fully saturated rings. The molecule has 0 radical (unpaired) electrons. The smallest absolute Gasteiger partial charge is 0.0830 e. The predicted molar refractivity (Wildman–Crippen MR) is 569 cm³/mol. The van der Waals surface area contributed by atoms with Gasteiger partial charge in [0.05, 0.1) is 50.2 Å². The average molecular weight is 1730 g/mol. The van der Waals surface area contributed by atoms with Gasteiger partial charge in [0.25, 0.3) is 0 Å². The van der Waals surface area contributed by atoms with Crippen molar-refractivity contribution in [1.82, 2.24) is 44.9 Å². The normalized spacial score (nSPS) is 11.8. The van der Waals surface area contributed by atoms with Gasteiger partial charge in [-0.05, 0) is 196 Å². The third-order valence-electron chi connectivity index (χ3n) is 27.7.